The summed E-state index contributed by atoms with van der Waals surface area (Å²) in [6.07, 6.45) is 0.278. The van der Waals surface area contributed by atoms with Gasteiger partial charge in [-0.1, -0.05) is 30.3 Å². The molecule has 0 saturated carbocycles. The first-order valence-corrected chi connectivity index (χ1v) is 7.69. The minimum absolute atomic E-state index is 0.00501. The fourth-order valence-electron chi connectivity index (χ4n) is 2.29. The van der Waals surface area contributed by atoms with Crippen LogP contribution in [0.4, 0.5) is 5.69 Å². The largest absolute Gasteiger partial charge is 0.465 e. The monoisotopic (exact) mass is 341 g/mol. The Morgan fingerprint density at radius 3 is 1.92 bits per heavy atom. The first-order chi connectivity index (χ1) is 12.0. The van der Waals surface area contributed by atoms with E-state index in [1.807, 2.05) is 18.2 Å². The van der Waals surface area contributed by atoms with Crippen molar-refractivity contribution in [3.8, 4) is 0 Å². The van der Waals surface area contributed by atoms with Crippen LogP contribution < -0.4 is 5.32 Å². The number of methoxy groups -OCH3 is 2. The number of carbonyl (C=O) groups excluding carboxylic acids is 3. The van der Waals surface area contributed by atoms with Crippen molar-refractivity contribution in [3.05, 3.63) is 65.2 Å². The fraction of sp³-hybridized carbons (Fsp3) is 0.211. The maximum absolute atomic E-state index is 12.1. The number of anilines is 1. The zero-order chi connectivity index (χ0) is 18.2. The molecule has 0 spiro atoms. The highest BCUT2D eigenvalue weighted by Crippen LogP contribution is 2.17. The molecule has 0 atom stereocenters. The minimum atomic E-state index is -0.561. The predicted molar refractivity (Wildman–Crippen MR) is 93.0 cm³/mol. The van der Waals surface area contributed by atoms with Crippen molar-refractivity contribution in [2.45, 2.75) is 6.42 Å². The quantitative estimate of drug-likeness (QED) is 0.616. The molecule has 0 radical (unpaired) electrons. The first-order valence-electron chi connectivity index (χ1n) is 7.69. The van der Waals surface area contributed by atoms with Crippen molar-refractivity contribution >= 4 is 23.4 Å². The number of Topliss-reactive ketones (excluding diaryl/α,β-unsaturated/α-hetero) is 1. The van der Waals surface area contributed by atoms with Gasteiger partial charge < -0.3 is 14.8 Å². The number of ketones is 1. The molecule has 0 saturated heterocycles. The average Bonchev–Trinajstić information content (AvgIpc) is 2.67. The summed E-state index contributed by atoms with van der Waals surface area (Å²) in [6, 6.07) is 13.5. The highest BCUT2D eigenvalue weighted by atomic mass is 16.5. The molecule has 0 unspecified atom stereocenters. The van der Waals surface area contributed by atoms with Gasteiger partial charge in [-0.25, -0.2) is 9.59 Å². The summed E-state index contributed by atoms with van der Waals surface area (Å²) < 4.78 is 9.37. The van der Waals surface area contributed by atoms with E-state index in [1.54, 1.807) is 24.3 Å². The predicted octanol–water partition coefficient (Wildman–Crippen LogP) is 2.94. The third-order valence-electron chi connectivity index (χ3n) is 3.55. The van der Waals surface area contributed by atoms with Gasteiger partial charge in [0, 0.05) is 24.2 Å². The third kappa shape index (κ3) is 4.91. The van der Waals surface area contributed by atoms with E-state index in [9.17, 15) is 14.4 Å². The summed E-state index contributed by atoms with van der Waals surface area (Å²) in [5, 5.41) is 3.05. The van der Waals surface area contributed by atoms with E-state index >= 15 is 0 Å². The standard InChI is InChI=1S/C19H19NO5/c1-24-18(22)14-10-15(19(23)25-2)12-16(11-14)20-9-8-17(21)13-6-4-3-5-7-13/h3-7,10-12,20H,8-9H2,1-2H3. The molecule has 0 amide bonds. The summed E-state index contributed by atoms with van der Waals surface area (Å²) in [6.45, 7) is 0.360. The Bertz CT molecular complexity index is 736. The van der Waals surface area contributed by atoms with Gasteiger partial charge in [-0.3, -0.25) is 4.79 Å². The molecular weight excluding hydrogens is 322 g/mol. The van der Waals surface area contributed by atoms with Crippen LogP contribution >= 0.6 is 0 Å². The minimum Gasteiger partial charge on any atom is -0.465 e. The lowest BCUT2D eigenvalue weighted by atomic mass is 10.1. The lowest BCUT2D eigenvalue weighted by molar-refractivity contribution is 0.0599. The van der Waals surface area contributed by atoms with Crippen LogP contribution in [0, 0.1) is 0 Å². The van der Waals surface area contributed by atoms with Crippen LogP contribution in [0.2, 0.25) is 0 Å². The maximum atomic E-state index is 12.1. The van der Waals surface area contributed by atoms with E-state index < -0.39 is 11.9 Å². The van der Waals surface area contributed by atoms with Gasteiger partial charge in [0.25, 0.3) is 0 Å². The topological polar surface area (TPSA) is 81.7 Å². The molecule has 130 valence electrons. The second kappa shape index (κ2) is 8.63. The zero-order valence-electron chi connectivity index (χ0n) is 14.1. The number of esters is 2. The van der Waals surface area contributed by atoms with Crippen LogP contribution in [-0.4, -0.2) is 38.5 Å². The molecule has 0 aliphatic carbocycles. The van der Waals surface area contributed by atoms with Gasteiger partial charge in [-0.15, -0.1) is 0 Å². The van der Waals surface area contributed by atoms with Crippen molar-refractivity contribution in [1.29, 1.82) is 0 Å². The SMILES string of the molecule is COC(=O)c1cc(NCCC(=O)c2ccccc2)cc(C(=O)OC)c1. The van der Waals surface area contributed by atoms with E-state index in [2.05, 4.69) is 14.8 Å². The van der Waals surface area contributed by atoms with Crippen LogP contribution in [0.3, 0.4) is 0 Å². The van der Waals surface area contributed by atoms with Crippen molar-refractivity contribution in [1.82, 2.24) is 0 Å². The number of hydrogen-bond acceptors (Lipinski definition) is 6. The molecule has 2 rings (SSSR count). The maximum Gasteiger partial charge on any atom is 0.337 e. The zero-order valence-corrected chi connectivity index (χ0v) is 14.1. The Hall–Kier alpha value is -3.15. The summed E-state index contributed by atoms with van der Waals surface area (Å²) in [4.78, 5) is 35.6. The Morgan fingerprint density at radius 1 is 0.840 bits per heavy atom. The van der Waals surface area contributed by atoms with Gasteiger partial charge >= 0.3 is 11.9 Å². The summed E-state index contributed by atoms with van der Waals surface area (Å²) in [5.74, 6) is -1.12. The Labute approximate surface area is 145 Å². The first kappa shape index (κ1) is 18.2. The smallest absolute Gasteiger partial charge is 0.337 e. The molecule has 0 bridgehead atoms. The highest BCUT2D eigenvalue weighted by molar-refractivity contribution is 5.97. The van der Waals surface area contributed by atoms with Crippen LogP contribution in [0.5, 0.6) is 0 Å². The molecule has 0 heterocycles. The number of nitrogens with one attached hydrogen (secondary N) is 1. The van der Waals surface area contributed by atoms with Crippen LogP contribution in [0.25, 0.3) is 0 Å². The van der Waals surface area contributed by atoms with Gasteiger partial charge in [0.2, 0.25) is 0 Å². The Kier molecular flexibility index (Phi) is 6.28. The molecule has 0 fully saturated rings. The van der Waals surface area contributed by atoms with Crippen LogP contribution in [-0.2, 0) is 9.47 Å². The van der Waals surface area contributed by atoms with E-state index in [1.165, 1.54) is 20.3 Å². The van der Waals surface area contributed by atoms with Gasteiger partial charge in [-0.2, -0.15) is 0 Å². The molecular formula is C19H19NO5. The number of benzene rings is 2. The van der Waals surface area contributed by atoms with Gasteiger partial charge in [0.1, 0.15) is 0 Å². The van der Waals surface area contributed by atoms with Gasteiger partial charge in [0.15, 0.2) is 5.78 Å². The molecule has 2 aromatic carbocycles. The normalized spacial score (nSPS) is 10.0. The molecule has 1 N–H and O–H groups in total. The average molecular weight is 341 g/mol. The lowest BCUT2D eigenvalue weighted by Crippen LogP contribution is -2.11. The van der Waals surface area contributed by atoms with Gasteiger partial charge in [-0.05, 0) is 18.2 Å². The molecule has 25 heavy (non-hydrogen) atoms. The highest BCUT2D eigenvalue weighted by Gasteiger charge is 2.14. The summed E-state index contributed by atoms with van der Waals surface area (Å²) in [7, 11) is 2.53. The van der Waals surface area contributed by atoms with Crippen molar-refractivity contribution in [2.24, 2.45) is 0 Å². The second-order valence-electron chi connectivity index (χ2n) is 5.25. The number of carbonyl (C=O) groups is 3. The van der Waals surface area contributed by atoms with E-state index in [4.69, 9.17) is 0 Å². The molecule has 0 aromatic heterocycles. The second-order valence-corrected chi connectivity index (χ2v) is 5.25. The third-order valence-corrected chi connectivity index (χ3v) is 3.55. The van der Waals surface area contributed by atoms with Crippen LogP contribution in [0.1, 0.15) is 37.5 Å². The van der Waals surface area contributed by atoms with Gasteiger partial charge in [0.05, 0.1) is 25.3 Å². The fourth-order valence-corrected chi connectivity index (χ4v) is 2.29. The van der Waals surface area contributed by atoms with Crippen molar-refractivity contribution in [3.63, 3.8) is 0 Å². The molecule has 0 aliphatic rings. The van der Waals surface area contributed by atoms with Crippen molar-refractivity contribution in [2.75, 3.05) is 26.1 Å². The van der Waals surface area contributed by atoms with Crippen molar-refractivity contribution < 1.29 is 23.9 Å². The Morgan fingerprint density at radius 2 is 1.40 bits per heavy atom. The van der Waals surface area contributed by atoms with E-state index in [0.29, 0.717) is 17.8 Å². The number of rotatable bonds is 7. The Balaban J connectivity index is 2.09. The molecule has 6 nitrogen and oxygen atoms in total. The van der Waals surface area contributed by atoms with Crippen LogP contribution in [0.15, 0.2) is 48.5 Å². The lowest BCUT2D eigenvalue weighted by Gasteiger charge is -2.10. The molecule has 0 aliphatic heterocycles. The summed E-state index contributed by atoms with van der Waals surface area (Å²) >= 11 is 0. The van der Waals surface area contributed by atoms with E-state index in [-0.39, 0.29) is 23.3 Å². The number of hydrogen-bond donors (Lipinski definition) is 1. The molecule has 6 heteroatoms. The molecule has 2 aromatic rings. The van der Waals surface area contributed by atoms with E-state index in [0.717, 1.165) is 0 Å². The summed E-state index contributed by atoms with van der Waals surface area (Å²) in [5.41, 5.74) is 1.62. The number of ether oxygens (including phenoxy) is 2.